The molecule has 2 amide bonds. The molecular weight excluding hydrogens is 353 g/mol. The highest BCUT2D eigenvalue weighted by molar-refractivity contribution is 5.98. The van der Waals surface area contributed by atoms with Gasteiger partial charge in [-0.25, -0.2) is 9.07 Å². The number of amides is 2. The molecule has 0 bridgehead atoms. The maximum absolute atomic E-state index is 14.5. The minimum absolute atomic E-state index is 0.0298. The van der Waals surface area contributed by atoms with Gasteiger partial charge in [-0.1, -0.05) is 24.3 Å². The van der Waals surface area contributed by atoms with Gasteiger partial charge in [0.05, 0.1) is 11.9 Å². The number of aromatic hydroxyl groups is 1. The summed E-state index contributed by atoms with van der Waals surface area (Å²) in [5.41, 5.74) is 10.6. The van der Waals surface area contributed by atoms with Crippen LogP contribution in [-0.4, -0.2) is 34.3 Å². The van der Waals surface area contributed by atoms with Gasteiger partial charge in [-0.05, 0) is 30.8 Å². The van der Waals surface area contributed by atoms with Crippen molar-refractivity contribution in [3.05, 3.63) is 60.2 Å². The number of hydrogen-bond donors (Lipinski definition) is 4. The first-order chi connectivity index (χ1) is 13.0. The lowest BCUT2D eigenvalue weighted by Crippen LogP contribution is -2.14. The molecule has 0 aliphatic heterocycles. The van der Waals surface area contributed by atoms with Crippen LogP contribution in [-0.2, 0) is 4.79 Å². The topological polar surface area (TPSA) is 136 Å². The number of carbonyl (C=O) groups excluding carboxylic acids is 2. The van der Waals surface area contributed by atoms with E-state index in [1.807, 2.05) is 0 Å². The highest BCUT2D eigenvalue weighted by atomic mass is 19.1. The van der Waals surface area contributed by atoms with E-state index in [1.54, 1.807) is 24.3 Å². The third-order valence-corrected chi connectivity index (χ3v) is 3.57. The number of halogens is 1. The first kappa shape index (κ1) is 19.6. The Hall–Kier alpha value is -3.72. The van der Waals surface area contributed by atoms with Crippen molar-refractivity contribution in [3.8, 4) is 22.6 Å². The number of benzene rings is 2. The van der Waals surface area contributed by atoms with Crippen LogP contribution in [0.15, 0.2) is 48.7 Å². The number of hydrogen-bond acceptors (Lipinski definition) is 5. The van der Waals surface area contributed by atoms with Crippen molar-refractivity contribution in [2.75, 3.05) is 12.4 Å². The number of para-hydroxylation sites is 1. The third kappa shape index (κ3) is 4.10. The van der Waals surface area contributed by atoms with Crippen LogP contribution in [0.4, 0.5) is 10.1 Å². The van der Waals surface area contributed by atoms with E-state index in [2.05, 4.69) is 16.1 Å². The molecule has 27 heavy (non-hydrogen) atoms. The molecule has 9 heteroatoms. The summed E-state index contributed by atoms with van der Waals surface area (Å²) in [5.74, 6) is -1.45. The van der Waals surface area contributed by atoms with Crippen LogP contribution < -0.4 is 16.8 Å². The number of carbonyl (C=O) groups is 2. The van der Waals surface area contributed by atoms with Crippen molar-refractivity contribution in [1.82, 2.24) is 9.78 Å². The Morgan fingerprint density at radius 3 is 2.56 bits per heavy atom. The number of nitrogens with zero attached hydrogens (tertiary/aromatic N) is 2. The second kappa shape index (κ2) is 8.59. The molecule has 0 unspecified atom stereocenters. The Labute approximate surface area is 154 Å². The molecule has 0 radical (unpaired) electrons. The summed E-state index contributed by atoms with van der Waals surface area (Å²) in [4.78, 5) is 22.0. The summed E-state index contributed by atoms with van der Waals surface area (Å²) < 4.78 is 15.6. The zero-order valence-electron chi connectivity index (χ0n) is 14.4. The van der Waals surface area contributed by atoms with Gasteiger partial charge in [0.15, 0.2) is 5.69 Å². The molecule has 0 fully saturated rings. The molecule has 0 spiro atoms. The molecule has 0 atom stereocenters. The van der Waals surface area contributed by atoms with Crippen LogP contribution in [0, 0.1) is 5.82 Å². The summed E-state index contributed by atoms with van der Waals surface area (Å²) in [5, 5.41) is 16.1. The van der Waals surface area contributed by atoms with Gasteiger partial charge in [-0.3, -0.25) is 9.59 Å². The molecule has 0 aliphatic rings. The first-order valence-electron chi connectivity index (χ1n) is 7.77. The van der Waals surface area contributed by atoms with Crippen LogP contribution >= 0.6 is 0 Å². The molecule has 1 aromatic heterocycles. The van der Waals surface area contributed by atoms with Crippen LogP contribution in [0.2, 0.25) is 0 Å². The van der Waals surface area contributed by atoms with E-state index in [1.165, 1.54) is 31.4 Å². The van der Waals surface area contributed by atoms with Crippen molar-refractivity contribution >= 4 is 18.0 Å². The monoisotopic (exact) mass is 371 g/mol. The Bertz CT molecular complexity index is 971. The Kier molecular flexibility index (Phi) is 6.23. The first-order valence-corrected chi connectivity index (χ1v) is 7.77. The maximum Gasteiger partial charge on any atom is 0.271 e. The van der Waals surface area contributed by atoms with Gasteiger partial charge in [0.2, 0.25) is 6.41 Å². The van der Waals surface area contributed by atoms with Gasteiger partial charge in [0, 0.05) is 5.56 Å². The second-order valence-electron chi connectivity index (χ2n) is 5.15. The average Bonchev–Trinajstić information content (AvgIpc) is 3.08. The Morgan fingerprint density at radius 2 is 1.96 bits per heavy atom. The maximum atomic E-state index is 14.5. The minimum Gasteiger partial charge on any atom is -0.507 e. The van der Waals surface area contributed by atoms with Crippen LogP contribution in [0.1, 0.15) is 10.5 Å². The zero-order valence-corrected chi connectivity index (χ0v) is 14.4. The predicted octanol–water partition coefficient (Wildman–Crippen LogP) is 1.63. The molecule has 3 aromatic rings. The van der Waals surface area contributed by atoms with E-state index < -0.39 is 11.7 Å². The highest BCUT2D eigenvalue weighted by Crippen LogP contribution is 2.30. The molecule has 140 valence electrons. The van der Waals surface area contributed by atoms with Crippen molar-refractivity contribution in [3.63, 3.8) is 0 Å². The molecule has 1 heterocycles. The van der Waals surface area contributed by atoms with E-state index in [-0.39, 0.29) is 22.8 Å². The fourth-order valence-corrected chi connectivity index (χ4v) is 2.43. The van der Waals surface area contributed by atoms with Gasteiger partial charge >= 0.3 is 0 Å². The SMILES string of the molecule is CN.NC(=O)c1nn(-c2ccc(-c3ccccc3O)cc2F)cc1NC=O. The quantitative estimate of drug-likeness (QED) is 0.505. The normalized spacial score (nSPS) is 9.89. The number of phenols is 1. The molecular formula is C18H18FN5O3. The fourth-order valence-electron chi connectivity index (χ4n) is 2.43. The average molecular weight is 371 g/mol. The summed E-state index contributed by atoms with van der Waals surface area (Å²) in [6, 6.07) is 10.8. The van der Waals surface area contributed by atoms with E-state index in [4.69, 9.17) is 5.73 Å². The number of anilines is 1. The molecule has 3 rings (SSSR count). The van der Waals surface area contributed by atoms with Crippen LogP contribution in [0.25, 0.3) is 16.8 Å². The van der Waals surface area contributed by atoms with Gasteiger partial charge in [0.25, 0.3) is 5.91 Å². The molecule has 8 nitrogen and oxygen atoms in total. The van der Waals surface area contributed by atoms with Crippen LogP contribution in [0.3, 0.4) is 0 Å². The van der Waals surface area contributed by atoms with Gasteiger partial charge in [0.1, 0.15) is 17.3 Å². The predicted molar refractivity (Wildman–Crippen MR) is 98.9 cm³/mol. The molecule has 0 aliphatic carbocycles. The Morgan fingerprint density at radius 1 is 1.26 bits per heavy atom. The summed E-state index contributed by atoms with van der Waals surface area (Å²) in [6.07, 6.45) is 1.65. The standard InChI is InChI=1S/C17H13FN4O3.CH5N/c18-12-7-10(11-3-1-2-4-15(11)24)5-6-14(12)22-8-13(20-9-23)16(21-22)17(19)25;1-2/h1-9,24H,(H2,19,25)(H,20,23);2H2,1H3. The third-order valence-electron chi connectivity index (χ3n) is 3.57. The van der Waals surface area contributed by atoms with Gasteiger partial charge in [-0.15, -0.1) is 0 Å². The molecule has 0 saturated heterocycles. The minimum atomic E-state index is -0.852. The van der Waals surface area contributed by atoms with E-state index >= 15 is 0 Å². The number of phenolic OH excluding ortho intramolecular Hbond substituents is 1. The number of aromatic nitrogens is 2. The number of rotatable bonds is 5. The largest absolute Gasteiger partial charge is 0.507 e. The lowest BCUT2D eigenvalue weighted by atomic mass is 10.0. The van der Waals surface area contributed by atoms with Crippen molar-refractivity contribution in [2.24, 2.45) is 11.5 Å². The number of nitrogens with one attached hydrogen (secondary N) is 1. The van der Waals surface area contributed by atoms with Crippen molar-refractivity contribution < 1.29 is 19.1 Å². The lowest BCUT2D eigenvalue weighted by molar-refractivity contribution is -0.105. The Balaban J connectivity index is 0.00000126. The number of primary amides is 1. The highest BCUT2D eigenvalue weighted by Gasteiger charge is 2.17. The lowest BCUT2D eigenvalue weighted by Gasteiger charge is -2.08. The molecule has 6 N–H and O–H groups in total. The van der Waals surface area contributed by atoms with E-state index in [0.29, 0.717) is 17.5 Å². The zero-order chi connectivity index (χ0) is 20.0. The number of nitrogens with two attached hydrogens (primary N) is 2. The van der Waals surface area contributed by atoms with E-state index in [9.17, 15) is 19.1 Å². The fraction of sp³-hybridized carbons (Fsp3) is 0.0556. The van der Waals surface area contributed by atoms with E-state index in [0.717, 1.165) is 4.68 Å². The smallest absolute Gasteiger partial charge is 0.271 e. The molecule has 2 aromatic carbocycles. The molecule has 0 saturated carbocycles. The summed E-state index contributed by atoms with van der Waals surface area (Å²) in [7, 11) is 1.50. The van der Waals surface area contributed by atoms with Crippen LogP contribution in [0.5, 0.6) is 5.75 Å². The van der Waals surface area contributed by atoms with Gasteiger partial charge < -0.3 is 21.9 Å². The summed E-state index contributed by atoms with van der Waals surface area (Å²) in [6.45, 7) is 0. The van der Waals surface area contributed by atoms with Gasteiger partial charge in [-0.2, -0.15) is 5.10 Å². The second-order valence-corrected chi connectivity index (χ2v) is 5.15. The van der Waals surface area contributed by atoms with Crippen molar-refractivity contribution in [2.45, 2.75) is 0 Å². The van der Waals surface area contributed by atoms with Crippen molar-refractivity contribution in [1.29, 1.82) is 0 Å². The summed E-state index contributed by atoms with van der Waals surface area (Å²) >= 11 is 0.